The molecule has 19 heavy (non-hydrogen) atoms. The maximum absolute atomic E-state index is 5.80. The first-order chi connectivity index (χ1) is 9.16. The van der Waals surface area contributed by atoms with Crippen LogP contribution in [0.3, 0.4) is 0 Å². The molecule has 1 fully saturated rings. The number of alkyl halides is 1. The second-order valence-electron chi connectivity index (χ2n) is 5.15. The Morgan fingerprint density at radius 2 is 2.11 bits per heavy atom. The molecule has 1 aromatic carbocycles. The highest BCUT2D eigenvalue weighted by molar-refractivity contribution is 9.10. The molecule has 1 aromatic rings. The van der Waals surface area contributed by atoms with E-state index < -0.39 is 0 Å². The summed E-state index contributed by atoms with van der Waals surface area (Å²) in [6, 6.07) is 8.67. The van der Waals surface area contributed by atoms with Gasteiger partial charge in [0.15, 0.2) is 0 Å². The molecule has 0 aliphatic heterocycles. The molecule has 4 heteroatoms. The fourth-order valence-electron chi connectivity index (χ4n) is 2.59. The smallest absolute Gasteiger partial charge is 0.120 e. The van der Waals surface area contributed by atoms with Gasteiger partial charge < -0.3 is 4.74 Å². The molecule has 0 N–H and O–H groups in total. The van der Waals surface area contributed by atoms with E-state index in [2.05, 4.69) is 43.8 Å². The van der Waals surface area contributed by atoms with E-state index in [0.717, 1.165) is 23.4 Å². The number of likely N-dealkylation sites (N-methyl/N-ethyl adjacent to an activating group) is 1. The van der Waals surface area contributed by atoms with E-state index >= 15 is 0 Å². The van der Waals surface area contributed by atoms with Crippen LogP contribution < -0.4 is 4.74 Å². The third kappa shape index (κ3) is 4.76. The summed E-state index contributed by atoms with van der Waals surface area (Å²) in [6.45, 7) is 1.71. The summed E-state index contributed by atoms with van der Waals surface area (Å²) in [5.41, 5.74) is 0. The van der Waals surface area contributed by atoms with Crippen molar-refractivity contribution in [2.75, 3.05) is 20.2 Å². The molecule has 0 saturated heterocycles. The van der Waals surface area contributed by atoms with Crippen LogP contribution in [0.15, 0.2) is 28.7 Å². The van der Waals surface area contributed by atoms with Crippen LogP contribution in [0, 0.1) is 0 Å². The highest BCUT2D eigenvalue weighted by atomic mass is 79.9. The molecule has 0 bridgehead atoms. The predicted molar refractivity (Wildman–Crippen MR) is 87.2 cm³/mol. The predicted octanol–water partition coefficient (Wildman–Crippen LogP) is 4.47. The van der Waals surface area contributed by atoms with Crippen LogP contribution in [0.25, 0.3) is 0 Å². The standard InChI is InChI=1S/C15H21Br2NO/c1-18(15-8-3-2-7-14(15)17)9-10-19-13-6-4-5-12(16)11-13/h4-6,11,14-15H,2-3,7-10H2,1H3. The first kappa shape index (κ1) is 15.3. The van der Waals surface area contributed by atoms with Gasteiger partial charge in [0.05, 0.1) is 0 Å². The number of rotatable bonds is 5. The zero-order valence-corrected chi connectivity index (χ0v) is 14.5. The van der Waals surface area contributed by atoms with E-state index in [4.69, 9.17) is 4.74 Å². The second-order valence-corrected chi connectivity index (χ2v) is 7.25. The topological polar surface area (TPSA) is 12.5 Å². The minimum absolute atomic E-state index is 0.636. The summed E-state index contributed by atoms with van der Waals surface area (Å²) in [7, 11) is 2.20. The number of ether oxygens (including phenoxy) is 1. The largest absolute Gasteiger partial charge is 0.492 e. The van der Waals surface area contributed by atoms with E-state index in [0.29, 0.717) is 10.9 Å². The number of hydrogen-bond acceptors (Lipinski definition) is 2. The average molecular weight is 391 g/mol. The molecule has 2 rings (SSSR count). The van der Waals surface area contributed by atoms with Gasteiger partial charge in [-0.2, -0.15) is 0 Å². The lowest BCUT2D eigenvalue weighted by Crippen LogP contribution is -2.42. The third-order valence-electron chi connectivity index (χ3n) is 3.72. The lowest BCUT2D eigenvalue weighted by Gasteiger charge is -2.35. The van der Waals surface area contributed by atoms with E-state index in [1.54, 1.807) is 0 Å². The van der Waals surface area contributed by atoms with Gasteiger partial charge in [0.25, 0.3) is 0 Å². The van der Waals surface area contributed by atoms with Crippen LogP contribution in [0.4, 0.5) is 0 Å². The summed E-state index contributed by atoms with van der Waals surface area (Å²) in [6.07, 6.45) is 5.29. The van der Waals surface area contributed by atoms with Crippen LogP contribution in [0.2, 0.25) is 0 Å². The maximum Gasteiger partial charge on any atom is 0.120 e. The SMILES string of the molecule is CN(CCOc1cccc(Br)c1)C1CCCCC1Br. The lowest BCUT2D eigenvalue weighted by molar-refractivity contribution is 0.166. The molecular weight excluding hydrogens is 370 g/mol. The zero-order chi connectivity index (χ0) is 13.7. The molecule has 106 valence electrons. The van der Waals surface area contributed by atoms with Crippen molar-refractivity contribution in [3.05, 3.63) is 28.7 Å². The van der Waals surface area contributed by atoms with Gasteiger partial charge in [0.1, 0.15) is 12.4 Å². The quantitative estimate of drug-likeness (QED) is 0.688. The fourth-order valence-corrected chi connectivity index (χ4v) is 3.96. The first-order valence-corrected chi connectivity index (χ1v) is 8.60. The third-order valence-corrected chi connectivity index (χ3v) is 5.28. The molecule has 1 aliphatic rings. The molecule has 1 saturated carbocycles. The molecule has 0 amide bonds. The van der Waals surface area contributed by atoms with Crippen molar-refractivity contribution in [3.8, 4) is 5.75 Å². The van der Waals surface area contributed by atoms with Gasteiger partial charge in [0.2, 0.25) is 0 Å². The van der Waals surface area contributed by atoms with Gasteiger partial charge in [0, 0.05) is 21.9 Å². The van der Waals surface area contributed by atoms with Crippen LogP contribution in [-0.2, 0) is 0 Å². The van der Waals surface area contributed by atoms with Crippen molar-refractivity contribution in [3.63, 3.8) is 0 Å². The molecule has 2 atom stereocenters. The molecule has 2 nitrogen and oxygen atoms in total. The number of hydrogen-bond donors (Lipinski definition) is 0. The summed E-state index contributed by atoms with van der Waals surface area (Å²) in [5, 5.41) is 0. The molecule has 0 radical (unpaired) electrons. The zero-order valence-electron chi connectivity index (χ0n) is 11.3. The Morgan fingerprint density at radius 1 is 1.32 bits per heavy atom. The Balaban J connectivity index is 1.75. The Labute approximate surface area is 132 Å². The molecule has 0 aromatic heterocycles. The number of nitrogens with zero attached hydrogens (tertiary/aromatic N) is 1. The highest BCUT2D eigenvalue weighted by Gasteiger charge is 2.25. The van der Waals surface area contributed by atoms with Crippen LogP contribution in [0.5, 0.6) is 5.75 Å². The van der Waals surface area contributed by atoms with Crippen molar-refractivity contribution in [2.24, 2.45) is 0 Å². The van der Waals surface area contributed by atoms with Gasteiger partial charge >= 0.3 is 0 Å². The van der Waals surface area contributed by atoms with Crippen LogP contribution >= 0.6 is 31.9 Å². The Hall–Kier alpha value is -0.0600. The minimum Gasteiger partial charge on any atom is -0.492 e. The number of halogens is 2. The monoisotopic (exact) mass is 389 g/mol. The molecule has 0 spiro atoms. The van der Waals surface area contributed by atoms with E-state index in [1.165, 1.54) is 25.7 Å². The van der Waals surface area contributed by atoms with Gasteiger partial charge in [-0.25, -0.2) is 0 Å². The molecule has 1 aliphatic carbocycles. The van der Waals surface area contributed by atoms with Gasteiger partial charge in [-0.1, -0.05) is 50.8 Å². The van der Waals surface area contributed by atoms with E-state index in [1.807, 2.05) is 24.3 Å². The Bertz CT molecular complexity index is 399. The van der Waals surface area contributed by atoms with Gasteiger partial charge in [-0.15, -0.1) is 0 Å². The van der Waals surface area contributed by atoms with Crippen molar-refractivity contribution < 1.29 is 4.74 Å². The van der Waals surface area contributed by atoms with Gasteiger partial charge in [-0.3, -0.25) is 4.90 Å². The van der Waals surface area contributed by atoms with Crippen molar-refractivity contribution in [1.82, 2.24) is 4.90 Å². The summed E-state index contributed by atoms with van der Waals surface area (Å²) in [5.74, 6) is 0.932. The first-order valence-electron chi connectivity index (χ1n) is 6.89. The van der Waals surface area contributed by atoms with Gasteiger partial charge in [-0.05, 0) is 38.1 Å². The normalized spacial score (nSPS) is 23.6. The molecule has 0 heterocycles. The van der Waals surface area contributed by atoms with Crippen molar-refractivity contribution in [2.45, 2.75) is 36.6 Å². The Morgan fingerprint density at radius 3 is 2.84 bits per heavy atom. The van der Waals surface area contributed by atoms with Crippen molar-refractivity contribution >= 4 is 31.9 Å². The fraction of sp³-hybridized carbons (Fsp3) is 0.600. The summed E-state index contributed by atoms with van der Waals surface area (Å²) < 4.78 is 6.86. The van der Waals surface area contributed by atoms with E-state index in [9.17, 15) is 0 Å². The number of benzene rings is 1. The highest BCUT2D eigenvalue weighted by Crippen LogP contribution is 2.27. The lowest BCUT2D eigenvalue weighted by atomic mass is 9.94. The average Bonchev–Trinajstić information content (AvgIpc) is 2.39. The summed E-state index contributed by atoms with van der Waals surface area (Å²) >= 11 is 7.27. The summed E-state index contributed by atoms with van der Waals surface area (Å²) in [4.78, 5) is 3.06. The molecule has 2 unspecified atom stereocenters. The van der Waals surface area contributed by atoms with Crippen LogP contribution in [-0.4, -0.2) is 36.0 Å². The minimum atomic E-state index is 0.636. The maximum atomic E-state index is 5.80. The second kappa shape index (κ2) is 7.65. The van der Waals surface area contributed by atoms with E-state index in [-0.39, 0.29) is 0 Å². The Kier molecular flexibility index (Phi) is 6.17. The van der Waals surface area contributed by atoms with Crippen LogP contribution in [0.1, 0.15) is 25.7 Å². The van der Waals surface area contributed by atoms with Crippen molar-refractivity contribution in [1.29, 1.82) is 0 Å². The molecular formula is C15H21Br2NO.